The molecule has 2 aromatic heterocycles. The van der Waals surface area contributed by atoms with E-state index in [0.29, 0.717) is 31.7 Å². The Hall–Kier alpha value is -3.00. The summed E-state index contributed by atoms with van der Waals surface area (Å²) in [6.45, 7) is 12.9. The number of hydrogen-bond donors (Lipinski definition) is 1. The van der Waals surface area contributed by atoms with Gasteiger partial charge in [-0.25, -0.2) is 4.98 Å². The van der Waals surface area contributed by atoms with Crippen molar-refractivity contribution in [3.05, 3.63) is 58.1 Å². The molecule has 7 nitrogen and oxygen atoms in total. The monoisotopic (exact) mass is 496 g/mol. The normalized spacial score (nSPS) is 15.9. The van der Waals surface area contributed by atoms with Gasteiger partial charge in [0.1, 0.15) is 11.8 Å². The van der Waals surface area contributed by atoms with Crippen LogP contribution in [0.15, 0.2) is 34.3 Å². The van der Waals surface area contributed by atoms with Crippen LogP contribution in [0, 0.1) is 20.8 Å². The molecule has 1 aromatic carbocycles. The second kappa shape index (κ2) is 12.1. The summed E-state index contributed by atoms with van der Waals surface area (Å²) in [5, 5.41) is 6.97. The molecule has 0 bridgehead atoms. The molecule has 35 heavy (non-hydrogen) atoms. The average Bonchev–Trinajstić information content (AvgIpc) is 3.61. The number of likely N-dealkylation sites (tertiary alicyclic amines) is 1. The van der Waals surface area contributed by atoms with Gasteiger partial charge in [0.2, 0.25) is 11.8 Å². The zero-order valence-corrected chi connectivity index (χ0v) is 22.4. The molecule has 1 aliphatic heterocycles. The number of aromatic nitrogens is 2. The number of thiazole rings is 1. The molecule has 1 fully saturated rings. The van der Waals surface area contributed by atoms with Crippen LogP contribution in [0.2, 0.25) is 0 Å². The number of nitrogens with zero attached hydrogens (tertiary/aromatic N) is 3. The average molecular weight is 497 g/mol. The van der Waals surface area contributed by atoms with Gasteiger partial charge in [0.15, 0.2) is 0 Å². The van der Waals surface area contributed by atoms with Gasteiger partial charge in [-0.05, 0) is 56.7 Å². The van der Waals surface area contributed by atoms with Gasteiger partial charge in [-0.3, -0.25) is 9.59 Å². The molecule has 1 saturated heterocycles. The third-order valence-corrected chi connectivity index (χ3v) is 7.32. The Balaban J connectivity index is 0.00000167. The maximum Gasteiger partial charge on any atom is 0.243 e. The number of rotatable bonds is 7. The predicted octanol–water partition coefficient (Wildman–Crippen LogP) is 5.55. The Morgan fingerprint density at radius 1 is 1.23 bits per heavy atom. The topological polar surface area (TPSA) is 88.3 Å². The zero-order valence-electron chi connectivity index (χ0n) is 21.6. The molecule has 2 unspecified atom stereocenters. The lowest BCUT2D eigenvalue weighted by Crippen LogP contribution is -2.47. The van der Waals surface area contributed by atoms with Gasteiger partial charge in [-0.15, -0.1) is 11.3 Å². The molecule has 1 aliphatic rings. The highest BCUT2D eigenvalue weighted by Gasteiger charge is 2.38. The van der Waals surface area contributed by atoms with Crippen molar-refractivity contribution < 1.29 is 14.1 Å². The van der Waals surface area contributed by atoms with Crippen molar-refractivity contribution in [2.75, 3.05) is 6.54 Å². The highest BCUT2D eigenvalue weighted by molar-refractivity contribution is 7.13. The predicted molar refractivity (Wildman–Crippen MR) is 139 cm³/mol. The van der Waals surface area contributed by atoms with Crippen LogP contribution in [0.1, 0.15) is 74.2 Å². The number of benzene rings is 1. The Morgan fingerprint density at radius 2 is 2.00 bits per heavy atom. The summed E-state index contributed by atoms with van der Waals surface area (Å²) in [5.41, 5.74) is 6.95. The quantitative estimate of drug-likeness (QED) is 0.463. The van der Waals surface area contributed by atoms with Crippen LogP contribution in [-0.4, -0.2) is 39.4 Å². The van der Waals surface area contributed by atoms with Crippen molar-refractivity contribution in [2.24, 2.45) is 0 Å². The SMILES string of the molecule is CC.CCC(C(=O)N1CCCC1C(=O)NCc1ccc(-c2scnc2C)cc1C)c1cc(C)no1. The fourth-order valence-corrected chi connectivity index (χ4v) is 5.27. The first kappa shape index (κ1) is 26.6. The van der Waals surface area contributed by atoms with E-state index in [2.05, 4.69) is 40.6 Å². The van der Waals surface area contributed by atoms with Crippen molar-refractivity contribution in [3.8, 4) is 10.4 Å². The zero-order chi connectivity index (χ0) is 25.5. The maximum atomic E-state index is 13.3. The van der Waals surface area contributed by atoms with E-state index in [1.54, 1.807) is 22.3 Å². The first-order valence-electron chi connectivity index (χ1n) is 12.4. The molecule has 188 valence electrons. The van der Waals surface area contributed by atoms with Crippen LogP contribution >= 0.6 is 11.3 Å². The van der Waals surface area contributed by atoms with Gasteiger partial charge < -0.3 is 14.7 Å². The smallest absolute Gasteiger partial charge is 0.243 e. The molecule has 2 atom stereocenters. The van der Waals surface area contributed by atoms with Crippen LogP contribution in [0.3, 0.4) is 0 Å². The molecular formula is C27H36N4O3S. The van der Waals surface area contributed by atoms with Gasteiger partial charge >= 0.3 is 0 Å². The third-order valence-electron chi connectivity index (χ3n) is 6.34. The minimum atomic E-state index is -0.449. The van der Waals surface area contributed by atoms with E-state index in [1.807, 2.05) is 40.1 Å². The lowest BCUT2D eigenvalue weighted by atomic mass is 10.0. The molecule has 3 aromatic rings. The molecule has 4 rings (SSSR count). The van der Waals surface area contributed by atoms with Crippen molar-refractivity contribution in [3.63, 3.8) is 0 Å². The van der Waals surface area contributed by atoms with E-state index in [0.717, 1.165) is 34.5 Å². The Labute approximate surface area is 211 Å². The van der Waals surface area contributed by atoms with Crippen LogP contribution in [0.4, 0.5) is 0 Å². The van der Waals surface area contributed by atoms with E-state index in [-0.39, 0.29) is 11.8 Å². The van der Waals surface area contributed by atoms with Crippen LogP contribution in [-0.2, 0) is 16.1 Å². The first-order valence-corrected chi connectivity index (χ1v) is 13.3. The summed E-state index contributed by atoms with van der Waals surface area (Å²) in [7, 11) is 0. The number of amides is 2. The summed E-state index contributed by atoms with van der Waals surface area (Å²) in [5.74, 6) is -0.0134. The summed E-state index contributed by atoms with van der Waals surface area (Å²) in [4.78, 5) is 33.5. The standard InChI is InChI=1S/C25H30N4O3S.C2H6/c1-5-20(22-12-16(3)28-32-22)25(31)29-10-6-7-21(29)24(30)26-13-19-9-8-18(11-15(19)2)23-17(4)27-14-33-23;1-2/h8-9,11-12,14,20-21H,5-7,10,13H2,1-4H3,(H,26,30);1-2H3. The molecule has 8 heteroatoms. The van der Waals surface area contributed by atoms with Crippen LogP contribution < -0.4 is 5.32 Å². The number of nitrogens with one attached hydrogen (secondary N) is 1. The minimum absolute atomic E-state index is 0.0632. The Morgan fingerprint density at radius 3 is 2.60 bits per heavy atom. The van der Waals surface area contributed by atoms with Gasteiger partial charge in [0.05, 0.1) is 27.7 Å². The van der Waals surface area contributed by atoms with Gasteiger partial charge in [0.25, 0.3) is 0 Å². The Kier molecular flexibility index (Phi) is 9.20. The summed E-state index contributed by atoms with van der Waals surface area (Å²) >= 11 is 1.63. The van der Waals surface area contributed by atoms with Gasteiger partial charge in [-0.2, -0.15) is 0 Å². The van der Waals surface area contributed by atoms with Crippen molar-refractivity contribution in [1.82, 2.24) is 20.4 Å². The molecule has 0 aliphatic carbocycles. The fourth-order valence-electron chi connectivity index (χ4n) is 4.46. The van der Waals surface area contributed by atoms with E-state index in [9.17, 15) is 9.59 Å². The fraction of sp³-hybridized carbons (Fsp3) is 0.481. The number of aryl methyl sites for hydroxylation is 3. The van der Waals surface area contributed by atoms with Crippen LogP contribution in [0.25, 0.3) is 10.4 Å². The van der Waals surface area contributed by atoms with Gasteiger partial charge in [0, 0.05) is 19.2 Å². The molecule has 0 radical (unpaired) electrons. The lowest BCUT2D eigenvalue weighted by Gasteiger charge is -2.27. The highest BCUT2D eigenvalue weighted by atomic mass is 32.1. The highest BCUT2D eigenvalue weighted by Crippen LogP contribution is 2.30. The van der Waals surface area contributed by atoms with Crippen molar-refractivity contribution in [1.29, 1.82) is 0 Å². The van der Waals surface area contributed by atoms with E-state index >= 15 is 0 Å². The van der Waals surface area contributed by atoms with Crippen molar-refractivity contribution >= 4 is 23.2 Å². The van der Waals surface area contributed by atoms with E-state index in [4.69, 9.17) is 4.52 Å². The van der Waals surface area contributed by atoms with E-state index < -0.39 is 12.0 Å². The molecule has 1 N–H and O–H groups in total. The first-order chi connectivity index (χ1) is 16.9. The summed E-state index contributed by atoms with van der Waals surface area (Å²) in [6.07, 6.45) is 2.09. The number of carbonyl (C=O) groups is 2. The number of hydrogen-bond acceptors (Lipinski definition) is 6. The van der Waals surface area contributed by atoms with E-state index in [1.165, 1.54) is 4.88 Å². The third kappa shape index (κ3) is 5.99. The Bertz CT molecular complexity index is 1150. The summed E-state index contributed by atoms with van der Waals surface area (Å²) < 4.78 is 5.35. The molecule has 0 spiro atoms. The number of carbonyl (C=O) groups excluding carboxylic acids is 2. The molecule has 0 saturated carbocycles. The summed E-state index contributed by atoms with van der Waals surface area (Å²) in [6, 6.07) is 7.62. The molecule has 2 amide bonds. The maximum absolute atomic E-state index is 13.3. The second-order valence-electron chi connectivity index (χ2n) is 8.65. The van der Waals surface area contributed by atoms with Crippen molar-refractivity contribution in [2.45, 2.75) is 79.3 Å². The largest absolute Gasteiger partial charge is 0.360 e. The molecular weight excluding hydrogens is 460 g/mol. The van der Waals surface area contributed by atoms with Crippen LogP contribution in [0.5, 0.6) is 0 Å². The lowest BCUT2D eigenvalue weighted by molar-refractivity contribution is -0.140. The molecule has 3 heterocycles. The second-order valence-corrected chi connectivity index (χ2v) is 9.50. The van der Waals surface area contributed by atoms with Gasteiger partial charge in [-0.1, -0.05) is 44.1 Å². The minimum Gasteiger partial charge on any atom is -0.360 e.